The van der Waals surface area contributed by atoms with Gasteiger partial charge >= 0.3 is 6.03 Å². The number of amides is 1. The van der Waals surface area contributed by atoms with Crippen molar-refractivity contribution < 1.29 is 4.79 Å². The van der Waals surface area contributed by atoms with Gasteiger partial charge in [0.1, 0.15) is 0 Å². The Bertz CT molecular complexity index is 700. The van der Waals surface area contributed by atoms with Crippen LogP contribution in [0.5, 0.6) is 0 Å². The summed E-state index contributed by atoms with van der Waals surface area (Å²) in [7, 11) is 1.76. The van der Waals surface area contributed by atoms with Crippen LogP contribution < -0.4 is 10.7 Å². The van der Waals surface area contributed by atoms with E-state index < -0.39 is 4.96 Å². The number of fused-ring (bicyclic) bond motifs is 1. The first kappa shape index (κ1) is 15.8. The molecule has 1 amide bonds. The molecule has 0 fully saturated rings. The first-order valence-electron chi connectivity index (χ1n) is 6.37. The Balaban J connectivity index is 2.14. The van der Waals surface area contributed by atoms with E-state index in [1.54, 1.807) is 36.2 Å². The summed E-state index contributed by atoms with van der Waals surface area (Å²) in [5.41, 5.74) is 0.463. The molecule has 0 aliphatic rings. The number of para-hydroxylation sites is 1. The number of pyridine rings is 1. The monoisotopic (exact) mass is 327 g/mol. The minimum absolute atomic E-state index is 0.110. The van der Waals surface area contributed by atoms with E-state index in [4.69, 9.17) is 23.2 Å². The lowest BCUT2D eigenvalue weighted by molar-refractivity contribution is 0.241. The van der Waals surface area contributed by atoms with Crippen LogP contribution in [-0.2, 0) is 0 Å². The lowest BCUT2D eigenvalue weighted by atomic mass is 10.2. The Kier molecular flexibility index (Phi) is 5.22. The van der Waals surface area contributed by atoms with Gasteiger partial charge in [-0.15, -0.1) is 0 Å². The highest BCUT2D eigenvalue weighted by atomic mass is 35.5. The van der Waals surface area contributed by atoms with E-state index in [1.807, 2.05) is 0 Å². The molecule has 112 valence electrons. The van der Waals surface area contributed by atoms with Crippen molar-refractivity contribution in [2.24, 2.45) is 0 Å². The van der Waals surface area contributed by atoms with Gasteiger partial charge in [-0.2, -0.15) is 0 Å². The number of aromatic nitrogens is 1. The Hall–Kier alpha value is -1.56. The number of hydrogen-bond donors (Lipinski definition) is 1. The van der Waals surface area contributed by atoms with Gasteiger partial charge in [-0.25, -0.2) is 4.79 Å². The van der Waals surface area contributed by atoms with Gasteiger partial charge < -0.3 is 5.32 Å². The van der Waals surface area contributed by atoms with E-state index in [0.29, 0.717) is 24.0 Å². The summed E-state index contributed by atoms with van der Waals surface area (Å²) in [6, 6.07) is 8.05. The number of nitrogens with one attached hydrogen (secondary N) is 1. The fourth-order valence-corrected chi connectivity index (χ4v) is 2.10. The van der Waals surface area contributed by atoms with E-state index >= 15 is 0 Å². The number of halogens is 2. The Morgan fingerprint density at radius 3 is 2.76 bits per heavy atom. The van der Waals surface area contributed by atoms with Crippen molar-refractivity contribution in [3.05, 3.63) is 46.8 Å². The smallest absolute Gasteiger partial charge is 0.326 e. The number of hydrogen-bond acceptors (Lipinski definition) is 3. The highest BCUT2D eigenvalue weighted by molar-refractivity contribution is 6.43. The molecule has 7 heteroatoms. The van der Waals surface area contributed by atoms with Crippen molar-refractivity contribution in [2.75, 3.05) is 20.1 Å². The Morgan fingerprint density at radius 2 is 2.05 bits per heavy atom. The minimum Gasteiger partial charge on any atom is -0.336 e. The van der Waals surface area contributed by atoms with E-state index in [9.17, 15) is 9.59 Å². The van der Waals surface area contributed by atoms with Crippen molar-refractivity contribution in [1.82, 2.24) is 14.8 Å². The molecule has 0 aliphatic heterocycles. The fraction of sp³-hybridized carbons (Fsp3) is 0.286. The number of alkyl halides is 2. The molecule has 0 radical (unpaired) electrons. The zero-order valence-corrected chi connectivity index (χ0v) is 12.9. The second-order valence-corrected chi connectivity index (χ2v) is 5.61. The fourth-order valence-electron chi connectivity index (χ4n) is 1.90. The molecule has 2 rings (SSSR count). The van der Waals surface area contributed by atoms with Crippen molar-refractivity contribution in [3.8, 4) is 0 Å². The van der Waals surface area contributed by atoms with Gasteiger partial charge in [0.05, 0.1) is 5.52 Å². The molecule has 2 aromatic rings. The molecule has 0 bridgehead atoms. The first-order chi connectivity index (χ1) is 10.0. The van der Waals surface area contributed by atoms with E-state index in [1.165, 1.54) is 16.8 Å². The summed E-state index contributed by atoms with van der Waals surface area (Å²) < 4.78 is 1.41. The number of rotatable bonds is 4. The third-order valence-corrected chi connectivity index (χ3v) is 3.76. The van der Waals surface area contributed by atoms with Crippen LogP contribution in [0.25, 0.3) is 10.9 Å². The van der Waals surface area contributed by atoms with Crippen molar-refractivity contribution >= 4 is 40.1 Å². The number of likely N-dealkylation sites (N-methyl/N-ethyl adjacent to an activating group) is 1. The van der Waals surface area contributed by atoms with Gasteiger partial charge in [-0.3, -0.25) is 14.3 Å². The predicted octanol–water partition coefficient (Wildman–Crippen LogP) is 2.25. The second-order valence-electron chi connectivity index (χ2n) is 4.56. The van der Waals surface area contributed by atoms with Gasteiger partial charge in [-0.1, -0.05) is 35.3 Å². The summed E-state index contributed by atoms with van der Waals surface area (Å²) in [4.78, 5) is 25.0. The van der Waals surface area contributed by atoms with Crippen LogP contribution in [0.3, 0.4) is 0 Å². The predicted molar refractivity (Wildman–Crippen MR) is 85.1 cm³/mol. The van der Waals surface area contributed by atoms with Crippen molar-refractivity contribution in [3.63, 3.8) is 0 Å². The van der Waals surface area contributed by atoms with E-state index in [2.05, 4.69) is 5.32 Å². The topological polar surface area (TPSA) is 54.3 Å². The molecule has 1 aromatic heterocycles. The van der Waals surface area contributed by atoms with Crippen molar-refractivity contribution in [2.45, 2.75) is 4.96 Å². The lowest BCUT2D eigenvalue weighted by Gasteiger charge is -2.18. The number of carbonyl (C=O) groups is 1. The molecule has 1 N–H and O–H groups in total. The molecule has 5 nitrogen and oxygen atoms in total. The highest BCUT2D eigenvalue weighted by Gasteiger charge is 2.10. The molecule has 21 heavy (non-hydrogen) atoms. The van der Waals surface area contributed by atoms with Crippen LogP contribution in [0.15, 0.2) is 41.3 Å². The van der Waals surface area contributed by atoms with Crippen LogP contribution in [-0.4, -0.2) is 40.6 Å². The molecule has 0 saturated heterocycles. The maximum absolute atomic E-state index is 12.2. The van der Waals surface area contributed by atoms with Gasteiger partial charge in [0.25, 0.3) is 0 Å². The van der Waals surface area contributed by atoms with Gasteiger partial charge in [0, 0.05) is 30.7 Å². The number of benzene rings is 1. The van der Waals surface area contributed by atoms with Crippen LogP contribution in [0.2, 0.25) is 0 Å². The zero-order valence-electron chi connectivity index (χ0n) is 11.4. The van der Waals surface area contributed by atoms with Crippen LogP contribution in [0.1, 0.15) is 0 Å². The Labute approximate surface area is 132 Å². The summed E-state index contributed by atoms with van der Waals surface area (Å²) in [5.74, 6) is 0. The maximum Gasteiger partial charge on any atom is 0.326 e. The molecule has 1 aromatic carbocycles. The number of carbonyl (C=O) groups excluding carboxylic acids is 1. The second kappa shape index (κ2) is 6.93. The largest absolute Gasteiger partial charge is 0.336 e. The molecule has 0 saturated carbocycles. The number of nitrogens with zero attached hydrogens (tertiary/aromatic N) is 2. The summed E-state index contributed by atoms with van der Waals surface area (Å²) in [5, 5.41) is 3.27. The average Bonchev–Trinajstić information content (AvgIpc) is 2.47. The highest BCUT2D eigenvalue weighted by Crippen LogP contribution is 2.09. The molecule has 1 heterocycles. The third-order valence-electron chi connectivity index (χ3n) is 3.10. The van der Waals surface area contributed by atoms with Crippen LogP contribution in [0.4, 0.5) is 4.79 Å². The summed E-state index contributed by atoms with van der Waals surface area (Å²) >= 11 is 11.4. The van der Waals surface area contributed by atoms with Crippen LogP contribution >= 0.6 is 23.2 Å². The molecule has 0 atom stereocenters. The van der Waals surface area contributed by atoms with Gasteiger partial charge in [-0.05, 0) is 19.2 Å². The van der Waals surface area contributed by atoms with E-state index in [0.717, 1.165) is 0 Å². The molecule has 0 unspecified atom stereocenters. The third kappa shape index (κ3) is 3.75. The molecular formula is C14H15Cl2N3O2. The lowest BCUT2D eigenvalue weighted by Crippen LogP contribution is -2.37. The standard InChI is InChI=1S/C14H15Cl2N3O2/c1-18(13(15)16)9-7-17-14(21)19-8-6-12(20)10-4-2-3-5-11(10)19/h2-6,8,13H,7,9H2,1H3,(H,17,21). The average molecular weight is 328 g/mol. The van der Waals surface area contributed by atoms with Crippen molar-refractivity contribution in [1.29, 1.82) is 0 Å². The summed E-state index contributed by atoms with van der Waals surface area (Å²) in [6.45, 7) is 0.910. The minimum atomic E-state index is -0.616. The van der Waals surface area contributed by atoms with Gasteiger partial charge in [0.15, 0.2) is 10.4 Å². The summed E-state index contributed by atoms with van der Waals surface area (Å²) in [6.07, 6.45) is 1.47. The Morgan fingerprint density at radius 1 is 1.33 bits per heavy atom. The van der Waals surface area contributed by atoms with Gasteiger partial charge in [0.2, 0.25) is 0 Å². The zero-order chi connectivity index (χ0) is 15.4. The van der Waals surface area contributed by atoms with E-state index in [-0.39, 0.29) is 11.5 Å². The molecule has 0 spiro atoms. The maximum atomic E-state index is 12.2. The molecule has 0 aliphatic carbocycles. The SMILES string of the molecule is CN(CCNC(=O)n1ccc(=O)c2ccccc21)C(Cl)Cl. The molecular weight excluding hydrogens is 313 g/mol. The normalized spacial score (nSPS) is 11.3. The first-order valence-corrected chi connectivity index (χ1v) is 7.25. The quantitative estimate of drug-likeness (QED) is 0.692. The van der Waals surface area contributed by atoms with Crippen LogP contribution in [0, 0.1) is 0 Å².